The van der Waals surface area contributed by atoms with E-state index in [0.717, 1.165) is 24.0 Å². The molecule has 0 aliphatic carbocycles. The fourth-order valence-electron chi connectivity index (χ4n) is 2.81. The Hall–Kier alpha value is -3.15. The first-order valence-corrected chi connectivity index (χ1v) is 9.81. The molecule has 2 unspecified atom stereocenters. The van der Waals surface area contributed by atoms with Crippen LogP contribution in [0.3, 0.4) is 0 Å². The van der Waals surface area contributed by atoms with E-state index in [0.29, 0.717) is 6.42 Å². The van der Waals surface area contributed by atoms with E-state index in [9.17, 15) is 14.4 Å². The predicted octanol–water partition coefficient (Wildman–Crippen LogP) is 3.31. The summed E-state index contributed by atoms with van der Waals surface area (Å²) >= 11 is 0. The maximum absolute atomic E-state index is 12.7. The van der Waals surface area contributed by atoms with Gasteiger partial charge in [-0.25, -0.2) is 4.79 Å². The summed E-state index contributed by atoms with van der Waals surface area (Å²) < 4.78 is 5.24. The number of amides is 2. The second-order valence-electron chi connectivity index (χ2n) is 6.77. The first-order chi connectivity index (χ1) is 14.1. The third kappa shape index (κ3) is 8.17. The largest absolute Gasteiger partial charge is 0.445 e. The monoisotopic (exact) mass is 395 g/mol. The smallest absolute Gasteiger partial charge is 0.408 e. The fraction of sp³-hybridized carbons (Fsp3) is 0.348. The SMILES string of the molecule is CCCCC([C]=O)NC(=O)C(Cc1ccccc1)NC(=O)OCc1ccccc1. The minimum absolute atomic E-state index is 0.105. The van der Waals surface area contributed by atoms with Crippen LogP contribution in [0.5, 0.6) is 0 Å². The third-order valence-corrected chi connectivity index (χ3v) is 4.41. The van der Waals surface area contributed by atoms with E-state index in [1.807, 2.05) is 73.9 Å². The summed E-state index contributed by atoms with van der Waals surface area (Å²) in [6.07, 6.45) is 3.68. The lowest BCUT2D eigenvalue weighted by atomic mass is 10.0. The van der Waals surface area contributed by atoms with Gasteiger partial charge in [0.05, 0.1) is 6.04 Å². The highest BCUT2D eigenvalue weighted by molar-refractivity contribution is 5.87. The van der Waals surface area contributed by atoms with E-state index in [1.54, 1.807) is 0 Å². The summed E-state index contributed by atoms with van der Waals surface area (Å²) in [6, 6.07) is 17.1. The summed E-state index contributed by atoms with van der Waals surface area (Å²) in [5, 5.41) is 5.29. The molecule has 6 nitrogen and oxygen atoms in total. The van der Waals surface area contributed by atoms with Crippen LogP contribution < -0.4 is 10.6 Å². The Labute approximate surface area is 171 Å². The molecule has 1 radical (unpaired) electrons. The van der Waals surface area contributed by atoms with Crippen LogP contribution in [0, 0.1) is 0 Å². The molecular formula is C23H27N2O4. The zero-order valence-electron chi connectivity index (χ0n) is 16.6. The first kappa shape index (κ1) is 22.1. The van der Waals surface area contributed by atoms with Crippen LogP contribution >= 0.6 is 0 Å². The maximum Gasteiger partial charge on any atom is 0.408 e. The van der Waals surface area contributed by atoms with Gasteiger partial charge in [0.15, 0.2) is 0 Å². The van der Waals surface area contributed by atoms with Crippen molar-refractivity contribution in [1.82, 2.24) is 10.6 Å². The lowest BCUT2D eigenvalue weighted by Crippen LogP contribution is -2.51. The molecule has 0 saturated heterocycles. The van der Waals surface area contributed by atoms with E-state index in [4.69, 9.17) is 4.74 Å². The molecule has 0 heterocycles. The second kappa shape index (κ2) is 12.3. The minimum atomic E-state index is -0.863. The van der Waals surface area contributed by atoms with Gasteiger partial charge >= 0.3 is 6.09 Å². The highest BCUT2D eigenvalue weighted by Crippen LogP contribution is 2.06. The van der Waals surface area contributed by atoms with Gasteiger partial charge in [-0.2, -0.15) is 0 Å². The lowest BCUT2D eigenvalue weighted by Gasteiger charge is -2.20. The van der Waals surface area contributed by atoms with Crippen molar-refractivity contribution in [3.63, 3.8) is 0 Å². The Morgan fingerprint density at radius 1 is 0.966 bits per heavy atom. The van der Waals surface area contributed by atoms with Gasteiger partial charge in [-0.1, -0.05) is 80.4 Å². The summed E-state index contributed by atoms with van der Waals surface area (Å²) in [6.45, 7) is 2.11. The fourth-order valence-corrected chi connectivity index (χ4v) is 2.81. The highest BCUT2D eigenvalue weighted by atomic mass is 16.5. The van der Waals surface area contributed by atoms with Crippen molar-refractivity contribution in [2.45, 2.75) is 51.3 Å². The average molecular weight is 395 g/mol. The van der Waals surface area contributed by atoms with E-state index >= 15 is 0 Å². The van der Waals surface area contributed by atoms with Gasteiger partial charge < -0.3 is 15.4 Å². The molecule has 2 rings (SSSR count). The average Bonchev–Trinajstić information content (AvgIpc) is 2.76. The van der Waals surface area contributed by atoms with E-state index in [1.165, 1.54) is 0 Å². The molecule has 2 atom stereocenters. The van der Waals surface area contributed by atoms with Gasteiger partial charge in [0.1, 0.15) is 12.6 Å². The second-order valence-corrected chi connectivity index (χ2v) is 6.77. The van der Waals surface area contributed by atoms with E-state index in [2.05, 4.69) is 10.6 Å². The van der Waals surface area contributed by atoms with Gasteiger partial charge in [-0.15, -0.1) is 0 Å². The van der Waals surface area contributed by atoms with Gasteiger partial charge in [-0.3, -0.25) is 9.59 Å². The van der Waals surface area contributed by atoms with Crippen LogP contribution in [0.15, 0.2) is 60.7 Å². The maximum atomic E-state index is 12.7. The number of hydrogen-bond acceptors (Lipinski definition) is 4. The molecule has 2 N–H and O–H groups in total. The van der Waals surface area contributed by atoms with Crippen molar-refractivity contribution >= 4 is 18.3 Å². The summed E-state index contributed by atoms with van der Waals surface area (Å²) in [7, 11) is 0. The predicted molar refractivity (Wildman–Crippen MR) is 111 cm³/mol. The Balaban J connectivity index is 2.00. The number of rotatable bonds is 11. The number of hydrogen-bond donors (Lipinski definition) is 2. The molecule has 29 heavy (non-hydrogen) atoms. The molecule has 0 aliphatic rings. The Kier molecular flexibility index (Phi) is 9.42. The molecule has 0 fully saturated rings. The molecule has 0 spiro atoms. The first-order valence-electron chi connectivity index (χ1n) is 9.81. The molecule has 2 aromatic carbocycles. The van der Waals surface area contributed by atoms with Crippen LogP contribution in [0.4, 0.5) is 4.79 Å². The van der Waals surface area contributed by atoms with Crippen molar-refractivity contribution < 1.29 is 19.1 Å². The standard InChI is InChI=1S/C23H27N2O4/c1-2-3-14-20(16-26)24-22(27)21(15-18-10-6-4-7-11-18)25-23(28)29-17-19-12-8-5-9-13-19/h4-13,20-21H,2-3,14-15,17H2,1H3,(H,24,27)(H,25,28). The number of carbonyl (C=O) groups is 2. The van der Waals surface area contributed by atoms with Gasteiger partial charge in [0, 0.05) is 6.42 Å². The lowest BCUT2D eigenvalue weighted by molar-refractivity contribution is -0.123. The van der Waals surface area contributed by atoms with E-state index in [-0.39, 0.29) is 13.0 Å². The highest BCUT2D eigenvalue weighted by Gasteiger charge is 2.24. The molecule has 6 heteroatoms. The number of alkyl carbamates (subject to hydrolysis) is 1. The quantitative estimate of drug-likeness (QED) is 0.611. The van der Waals surface area contributed by atoms with E-state index < -0.39 is 24.1 Å². The van der Waals surface area contributed by atoms with Gasteiger partial charge in [0.25, 0.3) is 0 Å². The number of carbonyl (C=O) groups excluding carboxylic acids is 3. The molecule has 2 amide bonds. The van der Waals surface area contributed by atoms with Crippen LogP contribution in [-0.2, 0) is 27.4 Å². The Morgan fingerprint density at radius 3 is 2.17 bits per heavy atom. The zero-order valence-corrected chi connectivity index (χ0v) is 16.6. The summed E-state index contributed by atoms with van der Waals surface area (Å²) in [5.41, 5.74) is 1.73. The minimum Gasteiger partial charge on any atom is -0.445 e. The Bertz CT molecular complexity index is 765. The van der Waals surface area contributed by atoms with Crippen molar-refractivity contribution in [3.05, 3.63) is 71.8 Å². The zero-order chi connectivity index (χ0) is 20.9. The van der Waals surface area contributed by atoms with Crippen molar-refractivity contribution in [1.29, 1.82) is 0 Å². The summed E-state index contributed by atoms with van der Waals surface area (Å²) in [5.74, 6) is -0.435. The number of nitrogens with one attached hydrogen (secondary N) is 2. The van der Waals surface area contributed by atoms with Crippen LogP contribution in [0.25, 0.3) is 0 Å². The molecular weight excluding hydrogens is 368 g/mol. The van der Waals surface area contributed by atoms with Crippen molar-refractivity contribution in [2.75, 3.05) is 0 Å². The Morgan fingerprint density at radius 2 is 1.59 bits per heavy atom. The van der Waals surface area contributed by atoms with Crippen molar-refractivity contribution in [3.8, 4) is 0 Å². The van der Waals surface area contributed by atoms with Crippen LogP contribution in [0.1, 0.15) is 37.3 Å². The molecule has 0 saturated carbocycles. The number of ether oxygens (including phenoxy) is 1. The topological polar surface area (TPSA) is 84.5 Å². The van der Waals surface area contributed by atoms with Gasteiger partial charge in [-0.05, 0) is 17.5 Å². The number of unbranched alkanes of at least 4 members (excludes halogenated alkanes) is 1. The molecule has 0 aromatic heterocycles. The van der Waals surface area contributed by atoms with Crippen LogP contribution in [0.2, 0.25) is 0 Å². The van der Waals surface area contributed by atoms with Crippen molar-refractivity contribution in [2.24, 2.45) is 0 Å². The molecule has 0 bridgehead atoms. The summed E-state index contributed by atoms with van der Waals surface area (Å²) in [4.78, 5) is 36.1. The third-order valence-electron chi connectivity index (χ3n) is 4.41. The number of benzene rings is 2. The van der Waals surface area contributed by atoms with Crippen LogP contribution in [-0.4, -0.2) is 30.4 Å². The normalized spacial score (nSPS) is 12.4. The van der Waals surface area contributed by atoms with Gasteiger partial charge in [0.2, 0.25) is 12.2 Å². The molecule has 2 aromatic rings. The molecule has 153 valence electrons. The molecule has 0 aliphatic heterocycles.